The Balaban J connectivity index is 1.30. The predicted molar refractivity (Wildman–Crippen MR) is 264 cm³/mol. The molecule has 14 aromatic rings. The van der Waals surface area contributed by atoms with Gasteiger partial charge in [-0.25, -0.2) is 0 Å². The van der Waals surface area contributed by atoms with Gasteiger partial charge in [-0.2, -0.15) is 5.26 Å². The Hall–Kier alpha value is -8.85. The minimum atomic E-state index is 0.579. The summed E-state index contributed by atoms with van der Waals surface area (Å²) in [4.78, 5) is 9.60. The van der Waals surface area contributed by atoms with E-state index in [1.165, 1.54) is 5.39 Å². The van der Waals surface area contributed by atoms with Crippen LogP contribution >= 0.6 is 0 Å². The van der Waals surface area contributed by atoms with Crippen LogP contribution in [-0.2, 0) is 0 Å². The lowest BCUT2D eigenvalue weighted by Crippen LogP contribution is -2.10. The molecule has 0 amide bonds. The van der Waals surface area contributed by atoms with E-state index in [0.29, 0.717) is 5.56 Å². The van der Waals surface area contributed by atoms with Crippen LogP contribution in [0.3, 0.4) is 0 Å². The SMILES string of the molecule is N#Cc1c(-n2c3cccc4c5ccncc5c5cccc2c5c43)c(-c2ccccc2)c(-c2ccccc2)c(-c2ccccc2)c1-n1c2cccc3c4cccnc4c4cccc1c4c32. The molecule has 0 aliphatic rings. The molecule has 0 N–H and O–H groups in total. The van der Waals surface area contributed by atoms with Gasteiger partial charge in [0.05, 0.1) is 39.0 Å². The molecule has 0 fully saturated rings. The molecule has 0 unspecified atom stereocenters. The van der Waals surface area contributed by atoms with Crippen LogP contribution in [0.25, 0.3) is 132 Å². The van der Waals surface area contributed by atoms with Gasteiger partial charge in [0, 0.05) is 73.0 Å². The summed E-state index contributed by atoms with van der Waals surface area (Å²) < 4.78 is 4.78. The fraction of sp³-hybridized carbons (Fsp3) is 0. The molecule has 5 nitrogen and oxygen atoms in total. The standard InChI is InChI=1S/C59H33N5/c60-33-44-58(63-46-26-10-21-39-38-30-32-61-34-45(38)41-23-12-28-48(63)55(41)53(39)46)51(36-17-6-2-7-18-36)50(35-15-4-1-5-16-35)52(37-19-8-3-9-20-37)59(44)64-47-27-11-22-40-42-25-14-31-62-57(42)43-24-13-29-49(64)56(43)54(40)47/h1-32,34H. The highest BCUT2D eigenvalue weighted by atomic mass is 15.0. The first-order valence-corrected chi connectivity index (χ1v) is 21.6. The number of pyridine rings is 2. The van der Waals surface area contributed by atoms with Crippen LogP contribution < -0.4 is 0 Å². The third-order valence-corrected chi connectivity index (χ3v) is 13.6. The van der Waals surface area contributed by atoms with Gasteiger partial charge in [-0.3, -0.25) is 9.97 Å². The van der Waals surface area contributed by atoms with Crippen molar-refractivity contribution < 1.29 is 0 Å². The van der Waals surface area contributed by atoms with Gasteiger partial charge in [0.2, 0.25) is 0 Å². The highest BCUT2D eigenvalue weighted by Crippen LogP contribution is 2.54. The summed E-state index contributed by atoms with van der Waals surface area (Å²) in [7, 11) is 0. The van der Waals surface area contributed by atoms with Gasteiger partial charge in [-0.05, 0) is 74.6 Å². The summed E-state index contributed by atoms with van der Waals surface area (Å²) in [6, 6.07) is 67.7. The molecule has 4 aromatic heterocycles. The van der Waals surface area contributed by atoms with Gasteiger partial charge in [0.25, 0.3) is 0 Å². The molecule has 0 radical (unpaired) electrons. The molecule has 0 atom stereocenters. The molecule has 10 aromatic carbocycles. The Kier molecular flexibility index (Phi) is 7.12. The molecule has 4 heterocycles. The third kappa shape index (κ3) is 4.50. The molecule has 0 spiro atoms. The Morgan fingerprint density at radius 3 is 1.31 bits per heavy atom. The molecule has 64 heavy (non-hydrogen) atoms. The topological polar surface area (TPSA) is 59.4 Å². The van der Waals surface area contributed by atoms with E-state index < -0.39 is 0 Å². The highest BCUT2D eigenvalue weighted by Gasteiger charge is 2.33. The maximum absolute atomic E-state index is 12.3. The first kappa shape index (κ1) is 34.8. The van der Waals surface area contributed by atoms with Crippen molar-refractivity contribution in [3.05, 3.63) is 206 Å². The molecule has 0 saturated carbocycles. The van der Waals surface area contributed by atoms with Crippen molar-refractivity contribution in [2.75, 3.05) is 0 Å². The molecule has 5 heteroatoms. The first-order valence-electron chi connectivity index (χ1n) is 21.6. The second-order valence-electron chi connectivity index (χ2n) is 16.7. The van der Waals surface area contributed by atoms with Crippen molar-refractivity contribution in [3.63, 3.8) is 0 Å². The van der Waals surface area contributed by atoms with E-state index in [-0.39, 0.29) is 0 Å². The average molecular weight is 812 g/mol. The lowest BCUT2D eigenvalue weighted by molar-refractivity contribution is 1.12. The van der Waals surface area contributed by atoms with Crippen LogP contribution in [0.2, 0.25) is 0 Å². The van der Waals surface area contributed by atoms with Crippen LogP contribution in [0.15, 0.2) is 201 Å². The summed E-state index contributed by atoms with van der Waals surface area (Å²) in [5.74, 6) is 0. The first-order chi connectivity index (χ1) is 31.8. The molecular weight excluding hydrogens is 779 g/mol. The molecule has 0 bridgehead atoms. The van der Waals surface area contributed by atoms with E-state index >= 15 is 0 Å². The summed E-state index contributed by atoms with van der Waals surface area (Å²) in [6.45, 7) is 0. The Morgan fingerprint density at radius 2 is 0.797 bits per heavy atom. The van der Waals surface area contributed by atoms with Crippen molar-refractivity contribution in [3.8, 4) is 50.8 Å². The van der Waals surface area contributed by atoms with E-state index in [0.717, 1.165) is 126 Å². The number of nitriles is 1. The van der Waals surface area contributed by atoms with Gasteiger partial charge in [0.1, 0.15) is 11.6 Å². The van der Waals surface area contributed by atoms with Gasteiger partial charge >= 0.3 is 0 Å². The fourth-order valence-electron chi connectivity index (χ4n) is 11.2. The lowest BCUT2D eigenvalue weighted by atomic mass is 9.82. The molecule has 294 valence electrons. The van der Waals surface area contributed by atoms with E-state index in [4.69, 9.17) is 4.98 Å². The maximum atomic E-state index is 12.3. The summed E-state index contributed by atoms with van der Waals surface area (Å²) in [5, 5.41) is 24.9. The lowest BCUT2D eigenvalue weighted by Gasteiger charge is -2.27. The van der Waals surface area contributed by atoms with Gasteiger partial charge in [0.15, 0.2) is 0 Å². The number of benzene rings is 10. The third-order valence-electron chi connectivity index (χ3n) is 13.6. The normalized spacial score (nSPS) is 12.0. The van der Waals surface area contributed by atoms with Crippen molar-refractivity contribution >= 4 is 86.8 Å². The second kappa shape index (κ2) is 13.1. The average Bonchev–Trinajstić information content (AvgIpc) is 3.89. The van der Waals surface area contributed by atoms with Crippen molar-refractivity contribution in [2.24, 2.45) is 0 Å². The minimum absolute atomic E-state index is 0.579. The van der Waals surface area contributed by atoms with E-state index in [9.17, 15) is 5.26 Å². The van der Waals surface area contributed by atoms with Gasteiger partial charge in [-0.15, -0.1) is 0 Å². The van der Waals surface area contributed by atoms with Gasteiger partial charge < -0.3 is 9.13 Å². The number of nitrogens with zero attached hydrogens (tertiary/aromatic N) is 5. The summed E-state index contributed by atoms with van der Waals surface area (Å²) >= 11 is 0. The monoisotopic (exact) mass is 811 g/mol. The minimum Gasteiger partial charge on any atom is -0.307 e. The molecule has 0 aliphatic carbocycles. The number of fused-ring (bicyclic) bond motifs is 6. The van der Waals surface area contributed by atoms with E-state index in [2.05, 4.69) is 196 Å². The van der Waals surface area contributed by atoms with Crippen LogP contribution in [0.5, 0.6) is 0 Å². The summed E-state index contributed by atoms with van der Waals surface area (Å²) in [5.41, 5.74) is 13.5. The zero-order valence-electron chi connectivity index (χ0n) is 34.3. The Labute approximate surface area is 366 Å². The Bertz CT molecular complexity index is 3810. The van der Waals surface area contributed by atoms with Crippen LogP contribution in [0.1, 0.15) is 5.56 Å². The molecular formula is C59H33N5. The van der Waals surface area contributed by atoms with Crippen LogP contribution in [0.4, 0.5) is 0 Å². The van der Waals surface area contributed by atoms with Crippen LogP contribution in [-0.4, -0.2) is 19.1 Å². The quantitative estimate of drug-likeness (QED) is 0.163. The van der Waals surface area contributed by atoms with Crippen molar-refractivity contribution in [1.82, 2.24) is 19.1 Å². The highest BCUT2D eigenvalue weighted by molar-refractivity contribution is 6.36. The number of hydrogen-bond donors (Lipinski definition) is 0. The van der Waals surface area contributed by atoms with Gasteiger partial charge in [-0.1, -0.05) is 146 Å². The Morgan fingerprint density at radius 1 is 0.359 bits per heavy atom. The summed E-state index contributed by atoms with van der Waals surface area (Å²) in [6.07, 6.45) is 5.76. The zero-order valence-corrected chi connectivity index (χ0v) is 34.3. The van der Waals surface area contributed by atoms with Crippen molar-refractivity contribution in [2.45, 2.75) is 0 Å². The number of aromatic nitrogens is 4. The fourth-order valence-corrected chi connectivity index (χ4v) is 11.2. The maximum Gasteiger partial charge on any atom is 0.104 e. The smallest absolute Gasteiger partial charge is 0.104 e. The van der Waals surface area contributed by atoms with E-state index in [1.54, 1.807) is 0 Å². The second-order valence-corrected chi connectivity index (χ2v) is 16.7. The van der Waals surface area contributed by atoms with E-state index in [1.807, 2.05) is 24.7 Å². The largest absolute Gasteiger partial charge is 0.307 e. The van der Waals surface area contributed by atoms with Crippen LogP contribution in [0, 0.1) is 11.3 Å². The predicted octanol–water partition coefficient (Wildman–Crippen LogP) is 15.0. The van der Waals surface area contributed by atoms with Crippen molar-refractivity contribution in [1.29, 1.82) is 5.26 Å². The molecule has 0 saturated heterocycles. The number of rotatable bonds is 5. The number of hydrogen-bond acceptors (Lipinski definition) is 3. The molecule has 14 rings (SSSR count). The molecule has 0 aliphatic heterocycles. The zero-order chi connectivity index (χ0) is 42.0.